The van der Waals surface area contributed by atoms with Crippen molar-refractivity contribution in [2.24, 2.45) is 5.92 Å². The van der Waals surface area contributed by atoms with Crippen LogP contribution in [0.4, 0.5) is 0 Å². The normalized spacial score (nSPS) is 16.8. The molecular formula is C24H30N4O3S2. The summed E-state index contributed by atoms with van der Waals surface area (Å²) in [5.74, 6) is 2.13. The molecule has 3 heterocycles. The van der Waals surface area contributed by atoms with Gasteiger partial charge in [0.2, 0.25) is 5.91 Å². The summed E-state index contributed by atoms with van der Waals surface area (Å²) in [4.78, 5) is 13.9. The quantitative estimate of drug-likeness (QED) is 0.415. The number of benzene rings is 1. The van der Waals surface area contributed by atoms with Crippen molar-refractivity contribution < 1.29 is 14.3 Å². The number of thiophene rings is 1. The number of amides is 1. The van der Waals surface area contributed by atoms with E-state index in [2.05, 4.69) is 33.9 Å². The topological polar surface area (TPSA) is 78.3 Å². The van der Waals surface area contributed by atoms with E-state index in [0.29, 0.717) is 6.54 Å². The van der Waals surface area contributed by atoms with Crippen molar-refractivity contribution in [3.8, 4) is 16.5 Å². The Morgan fingerprint density at radius 3 is 2.76 bits per heavy atom. The zero-order chi connectivity index (χ0) is 23.2. The lowest BCUT2D eigenvalue weighted by Crippen LogP contribution is -2.33. The van der Waals surface area contributed by atoms with Gasteiger partial charge in [0, 0.05) is 6.61 Å². The molecule has 1 N–H and O–H groups in total. The molecule has 2 atom stereocenters. The summed E-state index contributed by atoms with van der Waals surface area (Å²) in [5.41, 5.74) is 1.06. The van der Waals surface area contributed by atoms with Gasteiger partial charge in [0.1, 0.15) is 5.75 Å². The first-order valence-corrected chi connectivity index (χ1v) is 13.1. The molecule has 0 spiro atoms. The summed E-state index contributed by atoms with van der Waals surface area (Å²) >= 11 is 3.05. The number of thioether (sulfide) groups is 1. The number of carbonyl (C=O) groups excluding carboxylic acids is 1. The number of nitrogens with one attached hydrogen (secondary N) is 1. The minimum Gasteiger partial charge on any atom is -0.497 e. The first kappa shape index (κ1) is 23.8. The summed E-state index contributed by atoms with van der Waals surface area (Å²) in [6.45, 7) is 5.71. The van der Waals surface area contributed by atoms with Crippen LogP contribution in [0.25, 0.3) is 10.7 Å². The number of aromatic nitrogens is 3. The highest BCUT2D eigenvalue weighted by Crippen LogP contribution is 2.29. The molecule has 0 saturated carbocycles. The van der Waals surface area contributed by atoms with Crippen molar-refractivity contribution in [1.29, 1.82) is 0 Å². The summed E-state index contributed by atoms with van der Waals surface area (Å²) in [6, 6.07) is 11.8. The molecular weight excluding hydrogens is 456 g/mol. The molecule has 1 saturated heterocycles. The molecule has 0 aliphatic carbocycles. The Kier molecular flexibility index (Phi) is 8.06. The number of ether oxygens (including phenoxy) is 2. The van der Waals surface area contributed by atoms with Crippen molar-refractivity contribution in [2.75, 3.05) is 19.5 Å². The smallest absolute Gasteiger partial charge is 0.230 e. The molecule has 33 heavy (non-hydrogen) atoms. The van der Waals surface area contributed by atoms with Gasteiger partial charge >= 0.3 is 0 Å². The van der Waals surface area contributed by atoms with Crippen LogP contribution in [0.1, 0.15) is 38.3 Å². The molecule has 176 valence electrons. The Bertz CT molecular complexity index is 1030. The second-order valence-electron chi connectivity index (χ2n) is 8.38. The van der Waals surface area contributed by atoms with Gasteiger partial charge in [-0.3, -0.25) is 9.36 Å². The highest BCUT2D eigenvalue weighted by Gasteiger charge is 2.23. The summed E-state index contributed by atoms with van der Waals surface area (Å²) in [7, 11) is 1.65. The first-order chi connectivity index (χ1) is 16.0. The maximum atomic E-state index is 12.9. The SMILES string of the molecule is COc1ccc([C@@H](NC(=O)CSc2nnc(-c3cccs3)n2C[C@H]2CCCO2)C(C)C)cc1. The minimum atomic E-state index is -0.0737. The third-order valence-electron chi connectivity index (χ3n) is 5.66. The van der Waals surface area contributed by atoms with Crippen molar-refractivity contribution in [3.63, 3.8) is 0 Å². The molecule has 4 rings (SSSR count). The number of hydrogen-bond donors (Lipinski definition) is 1. The van der Waals surface area contributed by atoms with Crippen molar-refractivity contribution in [2.45, 2.75) is 50.5 Å². The average molecular weight is 487 g/mol. The van der Waals surface area contributed by atoms with Gasteiger partial charge in [0.15, 0.2) is 11.0 Å². The molecule has 9 heteroatoms. The van der Waals surface area contributed by atoms with Crippen LogP contribution < -0.4 is 10.1 Å². The van der Waals surface area contributed by atoms with Gasteiger partial charge in [0.05, 0.1) is 36.4 Å². The highest BCUT2D eigenvalue weighted by atomic mass is 32.2. The third-order valence-corrected chi connectivity index (χ3v) is 7.49. The first-order valence-electron chi connectivity index (χ1n) is 11.2. The maximum absolute atomic E-state index is 12.9. The van der Waals surface area contributed by atoms with Gasteiger partial charge in [0.25, 0.3) is 0 Å². The van der Waals surface area contributed by atoms with E-state index in [4.69, 9.17) is 9.47 Å². The molecule has 1 aliphatic heterocycles. The standard InChI is InChI=1S/C24H30N4O3S2/c1-16(2)22(17-8-10-18(30-3)11-9-17)25-21(29)15-33-24-27-26-23(20-7-5-13-32-20)28(24)14-19-6-4-12-31-19/h5,7-11,13,16,19,22H,4,6,12,14-15H2,1-3H3,(H,25,29)/t19-,22+/m1/s1. The van der Waals surface area contributed by atoms with Crippen LogP contribution in [0.5, 0.6) is 5.75 Å². The molecule has 0 radical (unpaired) electrons. The lowest BCUT2D eigenvalue weighted by atomic mass is 9.96. The van der Waals surface area contributed by atoms with E-state index >= 15 is 0 Å². The van der Waals surface area contributed by atoms with Crippen LogP contribution in [-0.4, -0.2) is 46.2 Å². The van der Waals surface area contributed by atoms with Crippen molar-refractivity contribution in [1.82, 2.24) is 20.1 Å². The van der Waals surface area contributed by atoms with Crippen LogP contribution in [0.15, 0.2) is 46.9 Å². The minimum absolute atomic E-state index is 0.0288. The van der Waals surface area contributed by atoms with Crippen LogP contribution in [-0.2, 0) is 16.1 Å². The zero-order valence-electron chi connectivity index (χ0n) is 19.2. The third kappa shape index (κ3) is 5.96. The van der Waals surface area contributed by atoms with E-state index in [9.17, 15) is 4.79 Å². The molecule has 1 aromatic carbocycles. The summed E-state index contributed by atoms with van der Waals surface area (Å²) in [6.07, 6.45) is 2.27. The van der Waals surface area contributed by atoms with Crippen LogP contribution >= 0.6 is 23.1 Å². The molecule has 0 bridgehead atoms. The fraction of sp³-hybridized carbons (Fsp3) is 0.458. The zero-order valence-corrected chi connectivity index (χ0v) is 20.8. The van der Waals surface area contributed by atoms with Gasteiger partial charge in [-0.2, -0.15) is 0 Å². The van der Waals surface area contributed by atoms with E-state index in [1.807, 2.05) is 41.8 Å². The highest BCUT2D eigenvalue weighted by molar-refractivity contribution is 7.99. The fourth-order valence-electron chi connectivity index (χ4n) is 3.93. The predicted octanol–water partition coefficient (Wildman–Crippen LogP) is 4.80. The number of rotatable bonds is 10. The molecule has 3 aromatic rings. The Morgan fingerprint density at radius 2 is 2.12 bits per heavy atom. The monoisotopic (exact) mass is 486 g/mol. The van der Waals surface area contributed by atoms with Gasteiger partial charge in [-0.1, -0.05) is 43.8 Å². The fourth-order valence-corrected chi connectivity index (χ4v) is 5.41. The Hall–Kier alpha value is -2.36. The van der Waals surface area contributed by atoms with Crippen LogP contribution in [0.2, 0.25) is 0 Å². The summed E-state index contributed by atoms with van der Waals surface area (Å²) in [5, 5.41) is 14.8. The second kappa shape index (κ2) is 11.2. The van der Waals surface area contributed by atoms with E-state index in [0.717, 1.165) is 46.6 Å². The van der Waals surface area contributed by atoms with E-state index in [1.54, 1.807) is 18.4 Å². The second-order valence-corrected chi connectivity index (χ2v) is 10.3. The molecule has 2 aromatic heterocycles. The molecule has 7 nitrogen and oxygen atoms in total. The molecule has 1 amide bonds. The van der Waals surface area contributed by atoms with Gasteiger partial charge in [-0.25, -0.2) is 0 Å². The Morgan fingerprint density at radius 1 is 1.30 bits per heavy atom. The van der Waals surface area contributed by atoms with Crippen molar-refractivity contribution >= 4 is 29.0 Å². The lowest BCUT2D eigenvalue weighted by molar-refractivity contribution is -0.119. The lowest BCUT2D eigenvalue weighted by Gasteiger charge is -2.23. The summed E-state index contributed by atoms with van der Waals surface area (Å²) < 4.78 is 13.2. The Balaban J connectivity index is 1.44. The number of carbonyl (C=O) groups is 1. The van der Waals surface area contributed by atoms with E-state index in [1.165, 1.54) is 11.8 Å². The van der Waals surface area contributed by atoms with Gasteiger partial charge in [-0.15, -0.1) is 21.5 Å². The van der Waals surface area contributed by atoms with Gasteiger partial charge in [-0.05, 0) is 47.9 Å². The molecule has 1 aliphatic rings. The number of hydrogen-bond acceptors (Lipinski definition) is 7. The predicted molar refractivity (Wildman–Crippen MR) is 132 cm³/mol. The van der Waals surface area contributed by atoms with Crippen molar-refractivity contribution in [3.05, 3.63) is 47.3 Å². The van der Waals surface area contributed by atoms with Gasteiger partial charge < -0.3 is 14.8 Å². The maximum Gasteiger partial charge on any atom is 0.230 e. The van der Waals surface area contributed by atoms with E-state index in [-0.39, 0.29) is 29.7 Å². The van der Waals surface area contributed by atoms with Crippen LogP contribution in [0.3, 0.4) is 0 Å². The molecule has 0 unspecified atom stereocenters. The number of nitrogens with zero attached hydrogens (tertiary/aromatic N) is 3. The van der Waals surface area contributed by atoms with Crippen LogP contribution in [0, 0.1) is 5.92 Å². The number of methoxy groups -OCH3 is 1. The van der Waals surface area contributed by atoms with E-state index < -0.39 is 0 Å². The molecule has 1 fully saturated rings. The average Bonchev–Trinajstić information content (AvgIpc) is 3.59. The largest absolute Gasteiger partial charge is 0.497 e. The Labute approximate surface area is 202 Å².